The van der Waals surface area contributed by atoms with Gasteiger partial charge in [0, 0.05) is 17.5 Å². The monoisotopic (exact) mass is 268 g/mol. The molecule has 3 heteroatoms. The molecule has 0 atom stereocenters. The zero-order chi connectivity index (χ0) is 14.5. The zero-order valence-corrected chi connectivity index (χ0v) is 13.2. The molecule has 3 N–H and O–H groups in total. The molecule has 1 amide bonds. The first-order valence-electron chi connectivity index (χ1n) is 7.94. The number of amides is 1. The molecular formula is C16H32N2O. The predicted octanol–water partition coefficient (Wildman–Crippen LogP) is 3.23. The number of rotatable bonds is 7. The highest BCUT2D eigenvalue weighted by Gasteiger charge is 2.41. The minimum Gasteiger partial charge on any atom is -0.354 e. The summed E-state index contributed by atoms with van der Waals surface area (Å²) >= 11 is 0. The third-order valence-electron chi connectivity index (χ3n) is 4.85. The van der Waals surface area contributed by atoms with Gasteiger partial charge >= 0.3 is 0 Å². The fraction of sp³-hybridized carbons (Fsp3) is 0.938. The lowest BCUT2D eigenvalue weighted by molar-refractivity contribution is -0.132. The van der Waals surface area contributed by atoms with E-state index in [0.29, 0.717) is 12.5 Å². The molecule has 0 spiro atoms. The van der Waals surface area contributed by atoms with Gasteiger partial charge in [-0.15, -0.1) is 0 Å². The van der Waals surface area contributed by atoms with Crippen LogP contribution < -0.4 is 11.1 Å². The van der Waals surface area contributed by atoms with Crippen molar-refractivity contribution in [3.63, 3.8) is 0 Å². The molecule has 1 saturated carbocycles. The highest BCUT2D eigenvalue weighted by molar-refractivity contribution is 5.83. The Hall–Kier alpha value is -0.570. The highest BCUT2D eigenvalue weighted by Crippen LogP contribution is 2.43. The van der Waals surface area contributed by atoms with Crippen LogP contribution >= 0.6 is 0 Å². The maximum atomic E-state index is 12.6. The molecule has 0 aromatic carbocycles. The molecule has 0 aromatic rings. The van der Waals surface area contributed by atoms with Crippen LogP contribution in [0.2, 0.25) is 0 Å². The Morgan fingerprint density at radius 3 is 2.21 bits per heavy atom. The Bertz CT molecular complexity index is 289. The van der Waals surface area contributed by atoms with Crippen LogP contribution in [0.4, 0.5) is 0 Å². The van der Waals surface area contributed by atoms with Gasteiger partial charge in [-0.1, -0.05) is 40.5 Å². The first kappa shape index (κ1) is 16.5. The average Bonchev–Trinajstić information content (AvgIpc) is 2.84. The molecule has 19 heavy (non-hydrogen) atoms. The number of carbonyl (C=O) groups is 1. The van der Waals surface area contributed by atoms with Gasteiger partial charge in [0.05, 0.1) is 0 Å². The molecular weight excluding hydrogens is 236 g/mol. The van der Waals surface area contributed by atoms with Gasteiger partial charge in [0.1, 0.15) is 0 Å². The summed E-state index contributed by atoms with van der Waals surface area (Å²) in [4.78, 5) is 12.6. The summed E-state index contributed by atoms with van der Waals surface area (Å²) in [6, 6.07) is 0. The topological polar surface area (TPSA) is 55.1 Å². The van der Waals surface area contributed by atoms with E-state index in [2.05, 4.69) is 33.0 Å². The van der Waals surface area contributed by atoms with Crippen LogP contribution in [0.15, 0.2) is 0 Å². The van der Waals surface area contributed by atoms with Crippen molar-refractivity contribution in [2.45, 2.75) is 78.2 Å². The lowest BCUT2D eigenvalue weighted by Crippen LogP contribution is -2.52. The number of nitrogens with two attached hydrogens (primary N) is 1. The van der Waals surface area contributed by atoms with Gasteiger partial charge in [-0.25, -0.2) is 0 Å². The fourth-order valence-electron chi connectivity index (χ4n) is 3.30. The molecule has 1 fully saturated rings. The quantitative estimate of drug-likeness (QED) is 0.745. The van der Waals surface area contributed by atoms with Crippen LogP contribution in [-0.2, 0) is 4.79 Å². The number of hydrogen-bond acceptors (Lipinski definition) is 2. The van der Waals surface area contributed by atoms with Gasteiger partial charge < -0.3 is 11.1 Å². The van der Waals surface area contributed by atoms with Crippen LogP contribution in [0.25, 0.3) is 0 Å². The molecule has 0 saturated heterocycles. The number of carbonyl (C=O) groups excluding carboxylic acids is 1. The van der Waals surface area contributed by atoms with E-state index in [-0.39, 0.29) is 16.9 Å². The molecule has 0 aromatic heterocycles. The van der Waals surface area contributed by atoms with Crippen molar-refractivity contribution < 1.29 is 4.79 Å². The maximum absolute atomic E-state index is 12.6. The van der Waals surface area contributed by atoms with E-state index in [1.165, 1.54) is 12.8 Å². The Kier molecular flexibility index (Phi) is 5.84. The van der Waals surface area contributed by atoms with Gasteiger partial charge in [-0.2, -0.15) is 0 Å². The Morgan fingerprint density at radius 2 is 1.79 bits per heavy atom. The minimum absolute atomic E-state index is 0.115. The van der Waals surface area contributed by atoms with Crippen molar-refractivity contribution in [2.24, 2.45) is 17.1 Å². The van der Waals surface area contributed by atoms with Crippen molar-refractivity contribution >= 4 is 5.91 Å². The van der Waals surface area contributed by atoms with E-state index in [1.807, 2.05) is 0 Å². The van der Waals surface area contributed by atoms with Crippen LogP contribution in [-0.4, -0.2) is 18.0 Å². The predicted molar refractivity (Wildman–Crippen MR) is 80.9 cm³/mol. The van der Waals surface area contributed by atoms with Crippen LogP contribution in [0.5, 0.6) is 0 Å². The Balaban J connectivity index is 2.63. The van der Waals surface area contributed by atoms with Crippen molar-refractivity contribution in [1.82, 2.24) is 5.32 Å². The number of hydrogen-bond donors (Lipinski definition) is 2. The summed E-state index contributed by atoms with van der Waals surface area (Å²) in [6.45, 7) is 9.21. The second-order valence-corrected chi connectivity index (χ2v) is 6.84. The molecule has 0 radical (unpaired) electrons. The SMILES string of the molecule is CCC(N)(CC)CNC(=O)C1(CC(C)C)CCCC1. The van der Waals surface area contributed by atoms with E-state index in [4.69, 9.17) is 5.73 Å². The van der Waals surface area contributed by atoms with E-state index in [1.54, 1.807) is 0 Å². The second kappa shape index (κ2) is 6.74. The third kappa shape index (κ3) is 4.20. The van der Waals surface area contributed by atoms with Crippen LogP contribution in [0.3, 0.4) is 0 Å². The van der Waals surface area contributed by atoms with Gasteiger partial charge in [-0.05, 0) is 38.0 Å². The maximum Gasteiger partial charge on any atom is 0.226 e. The standard InChI is InChI=1S/C16H32N2O/c1-5-16(17,6-2)12-18-14(19)15(11-13(3)4)9-7-8-10-15/h13H,5-12,17H2,1-4H3,(H,18,19). The Labute approximate surface area is 118 Å². The van der Waals surface area contributed by atoms with Crippen LogP contribution in [0, 0.1) is 11.3 Å². The van der Waals surface area contributed by atoms with E-state index in [9.17, 15) is 4.79 Å². The average molecular weight is 268 g/mol. The van der Waals surface area contributed by atoms with E-state index < -0.39 is 0 Å². The first-order valence-corrected chi connectivity index (χ1v) is 7.94. The normalized spacial score (nSPS) is 18.8. The smallest absolute Gasteiger partial charge is 0.226 e. The summed E-state index contributed by atoms with van der Waals surface area (Å²) in [6.07, 6.45) is 7.29. The summed E-state index contributed by atoms with van der Waals surface area (Å²) in [5, 5.41) is 3.15. The number of nitrogens with one attached hydrogen (secondary N) is 1. The zero-order valence-electron chi connectivity index (χ0n) is 13.2. The first-order chi connectivity index (χ1) is 8.87. The summed E-state index contributed by atoms with van der Waals surface area (Å²) in [5.41, 5.74) is 5.92. The fourth-order valence-corrected chi connectivity index (χ4v) is 3.30. The minimum atomic E-state index is -0.243. The summed E-state index contributed by atoms with van der Waals surface area (Å²) in [5.74, 6) is 0.819. The largest absolute Gasteiger partial charge is 0.354 e. The molecule has 1 aliphatic rings. The second-order valence-electron chi connectivity index (χ2n) is 6.84. The van der Waals surface area contributed by atoms with Crippen LogP contribution in [0.1, 0.15) is 72.6 Å². The molecule has 1 rings (SSSR count). The van der Waals surface area contributed by atoms with E-state index >= 15 is 0 Å². The van der Waals surface area contributed by atoms with Gasteiger partial charge in [0.2, 0.25) is 5.91 Å². The molecule has 1 aliphatic carbocycles. The van der Waals surface area contributed by atoms with Crippen molar-refractivity contribution in [1.29, 1.82) is 0 Å². The summed E-state index contributed by atoms with van der Waals surface area (Å²) in [7, 11) is 0. The lowest BCUT2D eigenvalue weighted by atomic mass is 9.77. The molecule has 0 bridgehead atoms. The van der Waals surface area contributed by atoms with Crippen molar-refractivity contribution in [2.75, 3.05) is 6.54 Å². The molecule has 3 nitrogen and oxygen atoms in total. The van der Waals surface area contributed by atoms with Gasteiger partial charge in [0.25, 0.3) is 0 Å². The van der Waals surface area contributed by atoms with Gasteiger partial charge in [-0.3, -0.25) is 4.79 Å². The lowest BCUT2D eigenvalue weighted by Gasteiger charge is -2.33. The molecule has 0 aliphatic heterocycles. The Morgan fingerprint density at radius 1 is 1.26 bits per heavy atom. The van der Waals surface area contributed by atoms with E-state index in [0.717, 1.165) is 32.1 Å². The summed E-state index contributed by atoms with van der Waals surface area (Å²) < 4.78 is 0. The molecule has 112 valence electrons. The molecule has 0 unspecified atom stereocenters. The highest BCUT2D eigenvalue weighted by atomic mass is 16.2. The van der Waals surface area contributed by atoms with Crippen molar-refractivity contribution in [3.8, 4) is 0 Å². The van der Waals surface area contributed by atoms with Gasteiger partial charge in [0.15, 0.2) is 0 Å². The van der Waals surface area contributed by atoms with Crippen molar-refractivity contribution in [3.05, 3.63) is 0 Å². The molecule has 0 heterocycles. The third-order valence-corrected chi connectivity index (χ3v) is 4.85.